The Morgan fingerprint density at radius 2 is 1.93 bits per heavy atom. The van der Waals surface area contributed by atoms with E-state index < -0.39 is 0 Å². The van der Waals surface area contributed by atoms with Gasteiger partial charge < -0.3 is 14.4 Å². The number of thiazole rings is 1. The quantitative estimate of drug-likeness (QED) is 0.636. The van der Waals surface area contributed by atoms with E-state index in [4.69, 9.17) is 9.47 Å². The van der Waals surface area contributed by atoms with E-state index in [-0.39, 0.29) is 11.7 Å². The molecule has 0 saturated heterocycles. The van der Waals surface area contributed by atoms with Crippen LogP contribution in [-0.4, -0.2) is 37.1 Å². The van der Waals surface area contributed by atoms with Crippen LogP contribution in [0.2, 0.25) is 0 Å². The largest absolute Gasteiger partial charge is 0.493 e. The van der Waals surface area contributed by atoms with Crippen molar-refractivity contribution in [2.45, 2.75) is 6.54 Å². The molecule has 0 fully saturated rings. The van der Waals surface area contributed by atoms with E-state index in [0.717, 1.165) is 11.1 Å². The summed E-state index contributed by atoms with van der Waals surface area (Å²) in [5, 5.41) is 2.43. The predicted octanol–water partition coefficient (Wildman–Crippen LogP) is 4.24. The first-order chi connectivity index (χ1) is 13.0. The molecule has 3 aromatic rings. The summed E-state index contributed by atoms with van der Waals surface area (Å²) in [6.45, 7) is 0.305. The first-order valence-electron chi connectivity index (χ1n) is 8.19. The molecule has 0 spiro atoms. The first kappa shape index (κ1) is 18.8. The molecule has 1 amide bonds. The molecule has 0 saturated carbocycles. The summed E-state index contributed by atoms with van der Waals surface area (Å²) in [6.07, 6.45) is 0. The number of carbonyl (C=O) groups excluding carboxylic acids is 1. The lowest BCUT2D eigenvalue weighted by Gasteiger charge is -2.16. The van der Waals surface area contributed by atoms with E-state index in [1.165, 1.54) is 28.4 Å². The van der Waals surface area contributed by atoms with E-state index in [1.807, 2.05) is 12.1 Å². The summed E-state index contributed by atoms with van der Waals surface area (Å²) in [7, 11) is 4.81. The number of halogens is 1. The minimum absolute atomic E-state index is 0.220. The number of hydrogen-bond acceptors (Lipinski definition) is 5. The predicted molar refractivity (Wildman–Crippen MR) is 103 cm³/mol. The van der Waals surface area contributed by atoms with E-state index >= 15 is 0 Å². The molecule has 0 aliphatic rings. The Morgan fingerprint density at radius 1 is 1.15 bits per heavy atom. The zero-order valence-corrected chi connectivity index (χ0v) is 16.0. The van der Waals surface area contributed by atoms with E-state index in [9.17, 15) is 9.18 Å². The number of rotatable bonds is 6. The molecule has 0 bridgehead atoms. The highest BCUT2D eigenvalue weighted by Crippen LogP contribution is 2.33. The van der Waals surface area contributed by atoms with Crippen LogP contribution in [0.15, 0.2) is 47.8 Å². The van der Waals surface area contributed by atoms with Crippen LogP contribution in [0.25, 0.3) is 10.6 Å². The molecular formula is C20H19FN2O3S. The van der Waals surface area contributed by atoms with Gasteiger partial charge >= 0.3 is 0 Å². The lowest BCUT2D eigenvalue weighted by molar-refractivity contribution is 0.0780. The molecule has 0 aliphatic carbocycles. The van der Waals surface area contributed by atoms with Gasteiger partial charge in [-0.25, -0.2) is 9.37 Å². The minimum atomic E-state index is -0.322. The highest BCUT2D eigenvalue weighted by atomic mass is 32.1. The fraction of sp³-hybridized carbons (Fsp3) is 0.200. The second-order valence-corrected chi connectivity index (χ2v) is 6.76. The monoisotopic (exact) mass is 386 g/mol. The lowest BCUT2D eigenvalue weighted by Crippen LogP contribution is -2.26. The van der Waals surface area contributed by atoms with Crippen molar-refractivity contribution in [3.63, 3.8) is 0 Å². The molecular weight excluding hydrogens is 367 g/mol. The van der Waals surface area contributed by atoms with E-state index in [2.05, 4.69) is 4.98 Å². The molecule has 0 aliphatic heterocycles. The molecule has 1 heterocycles. The van der Waals surface area contributed by atoms with Crippen LogP contribution in [0.3, 0.4) is 0 Å². The molecule has 0 unspecified atom stereocenters. The van der Waals surface area contributed by atoms with Gasteiger partial charge in [-0.05, 0) is 35.9 Å². The number of methoxy groups -OCH3 is 2. The maximum atomic E-state index is 13.3. The molecule has 2 aromatic carbocycles. The minimum Gasteiger partial charge on any atom is -0.493 e. The molecule has 7 heteroatoms. The van der Waals surface area contributed by atoms with Gasteiger partial charge in [0, 0.05) is 24.5 Å². The van der Waals surface area contributed by atoms with Crippen LogP contribution >= 0.6 is 11.3 Å². The van der Waals surface area contributed by atoms with Crippen molar-refractivity contribution in [1.82, 2.24) is 9.88 Å². The third-order valence-corrected chi connectivity index (χ3v) is 4.90. The Labute approximate surface area is 161 Å². The molecule has 1 aromatic heterocycles. The Hall–Kier alpha value is -2.93. The van der Waals surface area contributed by atoms with Crippen LogP contribution in [0.5, 0.6) is 11.5 Å². The van der Waals surface area contributed by atoms with Crippen molar-refractivity contribution in [3.8, 4) is 22.1 Å². The molecule has 0 N–H and O–H groups in total. The summed E-state index contributed by atoms with van der Waals surface area (Å²) < 4.78 is 23.9. The van der Waals surface area contributed by atoms with Gasteiger partial charge in [-0.3, -0.25) is 4.79 Å². The Kier molecular flexibility index (Phi) is 5.71. The lowest BCUT2D eigenvalue weighted by atomic mass is 10.2. The van der Waals surface area contributed by atoms with Crippen LogP contribution in [0.1, 0.15) is 16.1 Å². The van der Waals surface area contributed by atoms with Gasteiger partial charge in [0.15, 0.2) is 11.5 Å². The summed E-state index contributed by atoms with van der Waals surface area (Å²) in [5.74, 6) is 0.685. The molecule has 0 atom stereocenters. The normalized spacial score (nSPS) is 10.5. The molecule has 5 nitrogen and oxygen atoms in total. The molecule has 140 valence electrons. The number of amides is 1. The fourth-order valence-corrected chi connectivity index (χ4v) is 3.44. The summed E-state index contributed by atoms with van der Waals surface area (Å²) >= 11 is 1.37. The first-order valence-corrected chi connectivity index (χ1v) is 9.07. The molecule has 27 heavy (non-hydrogen) atoms. The van der Waals surface area contributed by atoms with Crippen molar-refractivity contribution >= 4 is 17.2 Å². The van der Waals surface area contributed by atoms with Crippen LogP contribution in [0, 0.1) is 5.82 Å². The highest BCUT2D eigenvalue weighted by molar-refractivity contribution is 7.13. The number of benzene rings is 2. The zero-order valence-electron chi connectivity index (χ0n) is 15.2. The average molecular weight is 386 g/mol. The van der Waals surface area contributed by atoms with Gasteiger partial charge in [-0.15, -0.1) is 11.3 Å². The van der Waals surface area contributed by atoms with Crippen molar-refractivity contribution in [2.75, 3.05) is 21.3 Å². The number of carbonyl (C=O) groups is 1. The van der Waals surface area contributed by atoms with E-state index in [1.54, 1.807) is 44.8 Å². The second-order valence-electron chi connectivity index (χ2n) is 5.90. The summed E-state index contributed by atoms with van der Waals surface area (Å²) in [5.41, 5.74) is 1.91. The zero-order chi connectivity index (χ0) is 19.4. The van der Waals surface area contributed by atoms with Gasteiger partial charge in [0.25, 0.3) is 5.91 Å². The van der Waals surface area contributed by atoms with Gasteiger partial charge in [-0.1, -0.05) is 12.1 Å². The highest BCUT2D eigenvalue weighted by Gasteiger charge is 2.17. The van der Waals surface area contributed by atoms with Gasteiger partial charge in [0.2, 0.25) is 0 Å². The average Bonchev–Trinajstić information content (AvgIpc) is 3.17. The maximum absolute atomic E-state index is 13.3. The Morgan fingerprint density at radius 3 is 2.63 bits per heavy atom. The van der Waals surface area contributed by atoms with Crippen LogP contribution in [0.4, 0.5) is 4.39 Å². The maximum Gasteiger partial charge on any atom is 0.273 e. The van der Waals surface area contributed by atoms with Crippen molar-refractivity contribution < 1.29 is 18.7 Å². The third-order valence-electron chi connectivity index (χ3n) is 4.01. The summed E-state index contributed by atoms with van der Waals surface area (Å²) in [6, 6.07) is 11.7. The Bertz CT molecular complexity index is 958. The summed E-state index contributed by atoms with van der Waals surface area (Å²) in [4.78, 5) is 18.6. The Balaban J connectivity index is 1.77. The van der Waals surface area contributed by atoms with Gasteiger partial charge in [-0.2, -0.15) is 0 Å². The van der Waals surface area contributed by atoms with Crippen LogP contribution in [-0.2, 0) is 6.54 Å². The SMILES string of the molecule is COc1ccc(-c2nc(C(=O)N(C)Cc3cccc(F)c3)cs2)cc1OC. The standard InChI is InChI=1S/C20H19FN2O3S/c1-23(11-13-5-4-6-15(21)9-13)20(24)16-12-27-19(22-16)14-7-8-17(25-2)18(10-14)26-3/h4-10,12H,11H2,1-3H3. The number of nitrogens with zero attached hydrogens (tertiary/aromatic N) is 2. The fourth-order valence-electron chi connectivity index (χ4n) is 2.65. The number of hydrogen-bond donors (Lipinski definition) is 0. The number of aromatic nitrogens is 1. The smallest absolute Gasteiger partial charge is 0.273 e. The topological polar surface area (TPSA) is 51.7 Å². The van der Waals surface area contributed by atoms with Gasteiger partial charge in [0.05, 0.1) is 14.2 Å². The van der Waals surface area contributed by atoms with Crippen LogP contribution < -0.4 is 9.47 Å². The van der Waals surface area contributed by atoms with Crippen molar-refractivity contribution in [3.05, 3.63) is 64.9 Å². The molecule has 3 rings (SSSR count). The third kappa shape index (κ3) is 4.25. The van der Waals surface area contributed by atoms with Crippen molar-refractivity contribution in [1.29, 1.82) is 0 Å². The second kappa shape index (κ2) is 8.18. The molecule has 0 radical (unpaired) electrons. The van der Waals surface area contributed by atoms with Crippen molar-refractivity contribution in [2.24, 2.45) is 0 Å². The number of ether oxygens (including phenoxy) is 2. The van der Waals surface area contributed by atoms with E-state index in [0.29, 0.717) is 28.7 Å². The van der Waals surface area contributed by atoms with Gasteiger partial charge in [0.1, 0.15) is 16.5 Å².